The lowest BCUT2D eigenvalue weighted by atomic mass is 9.93. The minimum Gasteiger partial charge on any atom is -0.465 e. The summed E-state index contributed by atoms with van der Waals surface area (Å²) in [6.07, 6.45) is 5.13. The third-order valence-corrected chi connectivity index (χ3v) is 5.79. The first-order chi connectivity index (χ1) is 16.4. The number of ether oxygens (including phenoxy) is 1. The molecule has 2 aromatic heterocycles. The molecule has 0 unspecified atom stereocenters. The topological polar surface area (TPSA) is 123 Å². The monoisotopic (exact) mass is 524 g/mol. The second kappa shape index (κ2) is 10.0. The number of fused-ring (bicyclic) bond motifs is 1. The molecule has 1 aliphatic carbocycles. The first-order valence-corrected chi connectivity index (χ1v) is 11.3. The molecule has 0 aliphatic heterocycles. The average Bonchev–Trinajstić information content (AvgIpc) is 3.19. The summed E-state index contributed by atoms with van der Waals surface area (Å²) >= 11 is 3.29. The maximum Gasteiger partial charge on any atom is 0.337 e. The molecule has 9 nitrogen and oxygen atoms in total. The van der Waals surface area contributed by atoms with Crippen LogP contribution in [0.2, 0.25) is 0 Å². The molecule has 2 heterocycles. The summed E-state index contributed by atoms with van der Waals surface area (Å²) in [6, 6.07) is 8.01. The van der Waals surface area contributed by atoms with Crippen LogP contribution in [0.3, 0.4) is 0 Å². The van der Waals surface area contributed by atoms with Gasteiger partial charge in [0.2, 0.25) is 0 Å². The number of benzene rings is 1. The Bertz CT molecular complexity index is 1300. The Morgan fingerprint density at radius 1 is 1.09 bits per heavy atom. The van der Waals surface area contributed by atoms with Crippen molar-refractivity contribution in [2.75, 3.05) is 12.4 Å². The zero-order chi connectivity index (χ0) is 24.2. The van der Waals surface area contributed by atoms with Gasteiger partial charge in [0.25, 0.3) is 11.8 Å². The molecule has 1 aromatic carbocycles. The number of amides is 2. The molecule has 1 aliphatic rings. The number of hydrogen-bond acceptors (Lipinski definition) is 7. The van der Waals surface area contributed by atoms with Gasteiger partial charge in [-0.05, 0) is 66.0 Å². The summed E-state index contributed by atoms with van der Waals surface area (Å²) in [5, 5.41) is 7.10. The molecular formula is C24H21BrN4O5. The molecule has 10 heteroatoms. The summed E-state index contributed by atoms with van der Waals surface area (Å²) in [5.41, 5.74) is 5.88. The van der Waals surface area contributed by atoms with Crippen molar-refractivity contribution in [1.29, 1.82) is 0 Å². The molecule has 0 spiro atoms. The van der Waals surface area contributed by atoms with Crippen LogP contribution in [0.5, 0.6) is 0 Å². The number of rotatable bonds is 5. The minimum atomic E-state index is -0.456. The second-order valence-corrected chi connectivity index (χ2v) is 8.54. The molecule has 174 valence electrons. The number of methoxy groups -OCH3 is 1. The van der Waals surface area contributed by atoms with E-state index in [0.717, 1.165) is 12.0 Å². The highest BCUT2D eigenvalue weighted by atomic mass is 79.9. The quantitative estimate of drug-likeness (QED) is 0.379. The van der Waals surface area contributed by atoms with Crippen molar-refractivity contribution in [3.05, 3.63) is 81.0 Å². The SMILES string of the molecule is COC(=O)c1ccc(NC(=O)c2oc3c(c2C)/C(=N/NC(=O)c2cncc(Br)c2)CCC3)cc1. The fourth-order valence-electron chi connectivity index (χ4n) is 3.71. The van der Waals surface area contributed by atoms with Crippen molar-refractivity contribution in [2.45, 2.75) is 26.2 Å². The van der Waals surface area contributed by atoms with Gasteiger partial charge in [0.1, 0.15) is 5.76 Å². The molecule has 0 atom stereocenters. The van der Waals surface area contributed by atoms with Crippen molar-refractivity contribution in [2.24, 2.45) is 5.10 Å². The van der Waals surface area contributed by atoms with Gasteiger partial charge in [-0.1, -0.05) is 0 Å². The van der Waals surface area contributed by atoms with Crippen LogP contribution < -0.4 is 10.7 Å². The van der Waals surface area contributed by atoms with Gasteiger partial charge < -0.3 is 14.5 Å². The number of aryl methyl sites for hydroxylation is 1. The Morgan fingerprint density at radius 3 is 2.56 bits per heavy atom. The van der Waals surface area contributed by atoms with Crippen molar-refractivity contribution in [3.63, 3.8) is 0 Å². The fourth-order valence-corrected chi connectivity index (χ4v) is 4.08. The summed E-state index contributed by atoms with van der Waals surface area (Å²) in [6.45, 7) is 1.79. The van der Waals surface area contributed by atoms with E-state index in [9.17, 15) is 14.4 Å². The number of nitrogens with zero attached hydrogens (tertiary/aromatic N) is 2. The number of nitrogens with one attached hydrogen (secondary N) is 2. The van der Waals surface area contributed by atoms with Crippen LogP contribution in [-0.2, 0) is 11.2 Å². The smallest absolute Gasteiger partial charge is 0.337 e. The van der Waals surface area contributed by atoms with Gasteiger partial charge in [-0.2, -0.15) is 5.10 Å². The molecule has 3 aromatic rings. The number of pyridine rings is 1. The normalized spacial score (nSPS) is 13.8. The molecular weight excluding hydrogens is 504 g/mol. The fraction of sp³-hybridized carbons (Fsp3) is 0.208. The first kappa shape index (κ1) is 23.4. The summed E-state index contributed by atoms with van der Waals surface area (Å²) in [5.74, 6) is -0.419. The largest absolute Gasteiger partial charge is 0.465 e. The van der Waals surface area contributed by atoms with Crippen molar-refractivity contribution >= 4 is 45.1 Å². The van der Waals surface area contributed by atoms with Gasteiger partial charge in [0, 0.05) is 40.1 Å². The Morgan fingerprint density at radius 2 is 1.85 bits per heavy atom. The lowest BCUT2D eigenvalue weighted by Crippen LogP contribution is -2.22. The predicted molar refractivity (Wildman–Crippen MR) is 128 cm³/mol. The van der Waals surface area contributed by atoms with Crippen molar-refractivity contribution in [1.82, 2.24) is 10.4 Å². The van der Waals surface area contributed by atoms with E-state index in [2.05, 4.69) is 41.5 Å². The van der Waals surface area contributed by atoms with E-state index in [1.807, 2.05) is 0 Å². The zero-order valence-corrected chi connectivity index (χ0v) is 20.1. The average molecular weight is 525 g/mol. The lowest BCUT2D eigenvalue weighted by Gasteiger charge is -2.13. The summed E-state index contributed by atoms with van der Waals surface area (Å²) < 4.78 is 11.3. The van der Waals surface area contributed by atoms with Gasteiger partial charge >= 0.3 is 5.97 Å². The number of hydrogen-bond donors (Lipinski definition) is 2. The number of esters is 1. The standard InChI is InChI=1S/C24H21BrN4O5/c1-13-20-18(28-29-22(30)15-10-16(25)12-26-11-15)4-3-5-19(20)34-21(13)23(31)27-17-8-6-14(7-9-17)24(32)33-2/h6-12H,3-5H2,1-2H3,(H,27,31)(H,29,30)/b28-18+. The van der Waals surface area contributed by atoms with Crippen LogP contribution in [0.15, 0.2) is 56.7 Å². The lowest BCUT2D eigenvalue weighted by molar-refractivity contribution is 0.0600. The van der Waals surface area contributed by atoms with Crippen LogP contribution in [0.4, 0.5) is 5.69 Å². The number of anilines is 1. The molecule has 0 radical (unpaired) electrons. The molecule has 2 N–H and O–H groups in total. The van der Waals surface area contributed by atoms with Crippen LogP contribution >= 0.6 is 15.9 Å². The second-order valence-electron chi connectivity index (χ2n) is 7.62. The number of aromatic nitrogens is 1. The summed E-state index contributed by atoms with van der Waals surface area (Å²) in [7, 11) is 1.31. The van der Waals surface area contributed by atoms with Crippen molar-refractivity contribution in [3.8, 4) is 0 Å². The van der Waals surface area contributed by atoms with E-state index in [0.29, 0.717) is 51.2 Å². The van der Waals surface area contributed by atoms with Crippen molar-refractivity contribution < 1.29 is 23.5 Å². The van der Waals surface area contributed by atoms with E-state index in [-0.39, 0.29) is 11.7 Å². The third-order valence-electron chi connectivity index (χ3n) is 5.36. The molecule has 4 rings (SSSR count). The van der Waals surface area contributed by atoms with Gasteiger partial charge in [-0.3, -0.25) is 14.6 Å². The maximum atomic E-state index is 12.9. The van der Waals surface area contributed by atoms with Crippen LogP contribution in [-0.4, -0.2) is 35.6 Å². The van der Waals surface area contributed by atoms with E-state index < -0.39 is 11.9 Å². The number of furan rings is 1. The van der Waals surface area contributed by atoms with Crippen LogP contribution in [0.25, 0.3) is 0 Å². The molecule has 2 amide bonds. The van der Waals surface area contributed by atoms with E-state index in [4.69, 9.17) is 4.42 Å². The van der Waals surface area contributed by atoms with E-state index in [1.54, 1.807) is 43.5 Å². The molecule has 0 fully saturated rings. The third kappa shape index (κ3) is 4.91. The van der Waals surface area contributed by atoms with Gasteiger partial charge in [-0.25, -0.2) is 10.2 Å². The number of halogens is 1. The summed E-state index contributed by atoms with van der Waals surface area (Å²) in [4.78, 5) is 40.9. The maximum absolute atomic E-state index is 12.9. The predicted octanol–water partition coefficient (Wildman–Crippen LogP) is 4.25. The van der Waals surface area contributed by atoms with Gasteiger partial charge in [0.05, 0.1) is 23.9 Å². The highest BCUT2D eigenvalue weighted by Gasteiger charge is 2.28. The molecule has 0 bridgehead atoms. The Balaban J connectivity index is 1.53. The zero-order valence-electron chi connectivity index (χ0n) is 18.5. The molecule has 0 saturated carbocycles. The van der Waals surface area contributed by atoms with Crippen LogP contribution in [0, 0.1) is 6.92 Å². The van der Waals surface area contributed by atoms with E-state index >= 15 is 0 Å². The minimum absolute atomic E-state index is 0.180. The number of hydrazone groups is 1. The number of carbonyl (C=O) groups is 3. The molecule has 0 saturated heterocycles. The molecule has 34 heavy (non-hydrogen) atoms. The van der Waals surface area contributed by atoms with E-state index in [1.165, 1.54) is 13.3 Å². The highest BCUT2D eigenvalue weighted by Crippen LogP contribution is 2.30. The highest BCUT2D eigenvalue weighted by molar-refractivity contribution is 9.10. The van der Waals surface area contributed by atoms with Gasteiger partial charge in [-0.15, -0.1) is 0 Å². The Kier molecular flexibility index (Phi) is 6.87. The Labute approximate surface area is 203 Å². The number of carbonyl (C=O) groups excluding carboxylic acids is 3. The van der Waals surface area contributed by atoms with Gasteiger partial charge in [0.15, 0.2) is 5.76 Å². The van der Waals surface area contributed by atoms with Crippen LogP contribution in [0.1, 0.15) is 61.0 Å². The Hall–Kier alpha value is -3.79. The first-order valence-electron chi connectivity index (χ1n) is 10.5.